The van der Waals surface area contributed by atoms with Crippen molar-refractivity contribution in [2.75, 3.05) is 60.3 Å². The Morgan fingerprint density at radius 3 is 2.66 bits per heavy atom. The van der Waals surface area contributed by atoms with Gasteiger partial charge < -0.3 is 34.0 Å². The Bertz CT molecular complexity index is 2200. The van der Waals surface area contributed by atoms with Crippen molar-refractivity contribution in [2.24, 2.45) is 11.1 Å². The highest BCUT2D eigenvalue weighted by atomic mass is 32.1. The number of thiazole rings is 1. The molecule has 330 valence electrons. The fourth-order valence-corrected chi connectivity index (χ4v) is 10.7. The Labute approximate surface area is 363 Å². The molecule has 1 amide bonds. The van der Waals surface area contributed by atoms with Crippen molar-refractivity contribution in [2.45, 2.75) is 116 Å². The van der Waals surface area contributed by atoms with Crippen molar-refractivity contribution in [1.29, 1.82) is 0 Å². The quantitative estimate of drug-likeness (QED) is 0.175. The molecule has 3 aromatic heterocycles. The van der Waals surface area contributed by atoms with Crippen molar-refractivity contribution >= 4 is 34.1 Å². The van der Waals surface area contributed by atoms with Gasteiger partial charge in [0.05, 0.1) is 55.7 Å². The number of nitrogens with one attached hydrogen (secondary N) is 1. The molecule has 0 spiro atoms. The van der Waals surface area contributed by atoms with Gasteiger partial charge in [0.15, 0.2) is 0 Å². The number of hydrogen-bond donors (Lipinski definition) is 2. The first kappa shape index (κ1) is 43.8. The zero-order valence-corrected chi connectivity index (χ0v) is 37.6. The average molecular weight is 858 g/mol. The van der Waals surface area contributed by atoms with Crippen LogP contribution in [0.15, 0.2) is 35.8 Å². The number of rotatable bonds is 10. The number of fused-ring (bicyclic) bond motifs is 6. The van der Waals surface area contributed by atoms with Gasteiger partial charge in [0, 0.05) is 79.0 Å². The smallest absolute Gasteiger partial charge is 0.324 e. The topological polar surface area (TPSA) is 156 Å². The van der Waals surface area contributed by atoms with E-state index in [-0.39, 0.29) is 24.6 Å². The number of hydrazine groups is 1. The van der Waals surface area contributed by atoms with Gasteiger partial charge in [-0.2, -0.15) is 0 Å². The molecule has 14 nitrogen and oxygen atoms in total. The van der Waals surface area contributed by atoms with Crippen LogP contribution in [-0.4, -0.2) is 121 Å². The summed E-state index contributed by atoms with van der Waals surface area (Å²) in [6.07, 6.45) is 4.82. The molecule has 4 aromatic rings. The predicted octanol–water partition coefficient (Wildman–Crippen LogP) is 6.17. The van der Waals surface area contributed by atoms with Gasteiger partial charge in [0.1, 0.15) is 23.2 Å². The van der Waals surface area contributed by atoms with Crippen LogP contribution in [0.3, 0.4) is 0 Å². The van der Waals surface area contributed by atoms with Gasteiger partial charge in [0.25, 0.3) is 5.91 Å². The molecule has 7 heterocycles. The normalized spacial score (nSPS) is 25.9. The fraction of sp³-hybridized carbons (Fsp3) is 0.609. The number of pyridine rings is 1. The van der Waals surface area contributed by atoms with E-state index in [0.29, 0.717) is 62.0 Å². The van der Waals surface area contributed by atoms with E-state index < -0.39 is 23.6 Å². The number of carbonyl (C=O) groups excluding carboxylic acids is 2. The highest BCUT2D eigenvalue weighted by Crippen LogP contribution is 2.44. The number of nitrogens with zero attached hydrogens (tertiary/aromatic N) is 5. The molecule has 0 aliphatic carbocycles. The molecule has 8 rings (SSSR count). The molecule has 1 unspecified atom stereocenters. The third kappa shape index (κ3) is 8.77. The standard InChI is InChI=1S/C46H63N7O7S/c1-8-51-38-13-12-29-18-33(38)35(41(51)34-19-30(21-48-40(34)27(3)57-7)28-14-16-52(32-23-58-24-32)31(17-28)22-56-6)20-46(4,5)26-60-45(55)36-11-10-15-53(50-36)44(54)39(47)42(59-9-2)43-49-37(29)25-61-43/h12-13,18-19,21,25,27-28,31-32,36,39,42,50H,8-11,14-17,20,22-24,26,47H2,1-7H3/t27-,28?,31-,36-,39-,42-/m0/s1. The van der Waals surface area contributed by atoms with Crippen LogP contribution in [0.1, 0.15) is 100 Å². The van der Waals surface area contributed by atoms with Gasteiger partial charge >= 0.3 is 5.97 Å². The molecule has 3 saturated heterocycles. The number of hydrogen-bond acceptors (Lipinski definition) is 13. The minimum atomic E-state index is -1.03. The van der Waals surface area contributed by atoms with E-state index in [9.17, 15) is 9.59 Å². The molecule has 4 aliphatic rings. The molecule has 1 aromatic carbocycles. The maximum Gasteiger partial charge on any atom is 0.324 e. The molecule has 0 radical (unpaired) electrons. The number of methoxy groups -OCH3 is 2. The molecule has 4 aliphatic heterocycles. The largest absolute Gasteiger partial charge is 0.464 e. The summed E-state index contributed by atoms with van der Waals surface area (Å²) in [4.78, 5) is 40.5. The number of benzene rings is 1. The number of ether oxygens (including phenoxy) is 5. The Kier molecular flexibility index (Phi) is 13.3. The average Bonchev–Trinajstić information content (AvgIpc) is 3.86. The summed E-state index contributed by atoms with van der Waals surface area (Å²) in [6, 6.07) is 7.95. The summed E-state index contributed by atoms with van der Waals surface area (Å²) >= 11 is 1.44. The lowest BCUT2D eigenvalue weighted by atomic mass is 9.82. The lowest BCUT2D eigenvalue weighted by Gasteiger charge is -2.46. The van der Waals surface area contributed by atoms with Crippen molar-refractivity contribution in [1.82, 2.24) is 29.9 Å². The Hall–Kier alpha value is -3.80. The molecule has 3 fully saturated rings. The summed E-state index contributed by atoms with van der Waals surface area (Å²) in [5, 5.41) is 5.20. The zero-order valence-electron chi connectivity index (χ0n) is 36.8. The van der Waals surface area contributed by atoms with Crippen LogP contribution >= 0.6 is 11.3 Å². The molecular weight excluding hydrogens is 795 g/mol. The molecule has 6 bridgehead atoms. The lowest BCUT2D eigenvalue weighted by molar-refractivity contribution is -0.155. The van der Waals surface area contributed by atoms with Gasteiger partial charge in [-0.05, 0) is 94.7 Å². The van der Waals surface area contributed by atoms with E-state index in [2.05, 4.69) is 73.1 Å². The summed E-state index contributed by atoms with van der Waals surface area (Å²) in [5.41, 5.74) is 17.6. The molecule has 3 N–H and O–H groups in total. The SMILES string of the molecule is CCO[C@@H]1c2nc(cs2)-c2ccc3c(c2)c(c(-c2cc(C4CCN(C5COC5)[C@H](COC)C4)cnc2[C@H](C)OC)n3CC)CC(C)(C)COC(=O)[C@@H]2CCCN(N2)C(=O)[C@H]1N. The van der Waals surface area contributed by atoms with E-state index in [1.165, 1.54) is 21.9 Å². The first-order valence-electron chi connectivity index (χ1n) is 22.0. The van der Waals surface area contributed by atoms with Crippen LogP contribution in [0.5, 0.6) is 0 Å². The second-order valence-corrected chi connectivity index (χ2v) is 18.8. The summed E-state index contributed by atoms with van der Waals surface area (Å²) < 4.78 is 32.1. The van der Waals surface area contributed by atoms with Crippen LogP contribution in [0, 0.1) is 5.41 Å². The number of cyclic esters (lactones) is 1. The number of esters is 1. The van der Waals surface area contributed by atoms with E-state index >= 15 is 0 Å². The Morgan fingerprint density at radius 1 is 1.11 bits per heavy atom. The van der Waals surface area contributed by atoms with E-state index in [1.807, 2.05) is 12.3 Å². The lowest BCUT2D eigenvalue weighted by Crippen LogP contribution is -2.60. The Balaban J connectivity index is 1.27. The van der Waals surface area contributed by atoms with Gasteiger partial charge in [-0.25, -0.2) is 10.4 Å². The fourth-order valence-electron chi connectivity index (χ4n) is 9.74. The van der Waals surface area contributed by atoms with Gasteiger partial charge in [0.2, 0.25) is 0 Å². The van der Waals surface area contributed by atoms with Gasteiger partial charge in [-0.1, -0.05) is 19.9 Å². The van der Waals surface area contributed by atoms with E-state index in [4.69, 9.17) is 39.4 Å². The maximum absolute atomic E-state index is 13.8. The third-order valence-corrected chi connectivity index (χ3v) is 14.0. The van der Waals surface area contributed by atoms with Crippen molar-refractivity contribution in [3.8, 4) is 22.5 Å². The van der Waals surface area contributed by atoms with Crippen molar-refractivity contribution in [3.63, 3.8) is 0 Å². The number of nitrogens with two attached hydrogens (primary N) is 1. The van der Waals surface area contributed by atoms with Crippen LogP contribution in [0.4, 0.5) is 0 Å². The van der Waals surface area contributed by atoms with Crippen LogP contribution in [0.25, 0.3) is 33.4 Å². The minimum Gasteiger partial charge on any atom is -0.464 e. The van der Waals surface area contributed by atoms with Gasteiger partial charge in [-0.3, -0.25) is 24.5 Å². The highest BCUT2D eigenvalue weighted by molar-refractivity contribution is 7.10. The van der Waals surface area contributed by atoms with Crippen LogP contribution < -0.4 is 11.2 Å². The molecule has 0 saturated carbocycles. The van der Waals surface area contributed by atoms with Crippen LogP contribution in [0.2, 0.25) is 0 Å². The highest BCUT2D eigenvalue weighted by Gasteiger charge is 2.39. The van der Waals surface area contributed by atoms with Gasteiger partial charge in [-0.15, -0.1) is 11.3 Å². The number of piperidine rings is 1. The van der Waals surface area contributed by atoms with E-state index in [1.54, 1.807) is 14.2 Å². The van der Waals surface area contributed by atoms with E-state index in [0.717, 1.165) is 83.8 Å². The Morgan fingerprint density at radius 2 is 1.93 bits per heavy atom. The first-order chi connectivity index (χ1) is 29.4. The summed E-state index contributed by atoms with van der Waals surface area (Å²) in [7, 11) is 3.53. The van der Waals surface area contributed by atoms with Crippen molar-refractivity contribution < 1.29 is 33.3 Å². The second-order valence-electron chi connectivity index (χ2n) is 17.9. The molecule has 15 heteroatoms. The second kappa shape index (κ2) is 18.5. The zero-order chi connectivity index (χ0) is 43.0. The third-order valence-electron chi connectivity index (χ3n) is 13.1. The number of likely N-dealkylation sites (tertiary alicyclic amines) is 1. The number of carbonyl (C=O) groups is 2. The summed E-state index contributed by atoms with van der Waals surface area (Å²) in [5.74, 6) is -0.432. The number of amides is 1. The molecule has 61 heavy (non-hydrogen) atoms. The molecule has 6 atom stereocenters. The molecular formula is C46H63N7O7S. The first-order valence-corrected chi connectivity index (χ1v) is 22.9. The number of aryl methyl sites for hydroxylation is 1. The summed E-state index contributed by atoms with van der Waals surface area (Å²) in [6.45, 7) is 15.3. The minimum absolute atomic E-state index is 0.183. The maximum atomic E-state index is 13.8. The monoisotopic (exact) mass is 857 g/mol. The van der Waals surface area contributed by atoms with Crippen molar-refractivity contribution in [3.05, 3.63) is 57.7 Å². The number of aromatic nitrogens is 3. The predicted molar refractivity (Wildman–Crippen MR) is 235 cm³/mol. The van der Waals surface area contributed by atoms with Crippen LogP contribution in [-0.2, 0) is 46.2 Å².